The van der Waals surface area contributed by atoms with E-state index in [2.05, 4.69) is 41.9 Å². The summed E-state index contributed by atoms with van der Waals surface area (Å²) in [5.74, 6) is 1.33. The van der Waals surface area contributed by atoms with E-state index in [9.17, 15) is 14.9 Å². The number of nitriles is 1. The van der Waals surface area contributed by atoms with Gasteiger partial charge in [0, 0.05) is 55.9 Å². The number of ketones is 1. The van der Waals surface area contributed by atoms with Gasteiger partial charge in [0.25, 0.3) is 0 Å². The van der Waals surface area contributed by atoms with E-state index in [4.69, 9.17) is 14.7 Å². The fraction of sp³-hybridized carbons (Fsp3) is 0.485. The van der Waals surface area contributed by atoms with E-state index in [1.165, 1.54) is 0 Å². The van der Waals surface area contributed by atoms with Gasteiger partial charge in [-0.25, -0.2) is 14.5 Å². The minimum absolute atomic E-state index is 0.0215. The normalized spacial score (nSPS) is 20.9. The molecule has 2 bridgehead atoms. The number of pyridine rings is 1. The van der Waals surface area contributed by atoms with Crippen molar-refractivity contribution >= 4 is 23.0 Å². The van der Waals surface area contributed by atoms with Crippen LogP contribution in [0.4, 0.5) is 5.82 Å². The standard InChI is InChI=1S/C33H37N9O3/c1-33(2,3)10-30(44)42-25-16-39(17-26(42)20-45-19-25)29-9-4-21(12-35-29)31-32-22(11-34)13-37-41(32)18-28(38-31)23-14-36-40(15-23)24-5-7-27(43)8-6-24/h4,9,12-15,18,24-26H,5-8,10,16-17,19-20H2,1-3H3/t25-,26+. The Balaban J connectivity index is 1.16. The van der Waals surface area contributed by atoms with Crippen molar-refractivity contribution in [2.75, 3.05) is 31.2 Å². The van der Waals surface area contributed by atoms with E-state index in [1.54, 1.807) is 23.1 Å². The van der Waals surface area contributed by atoms with Gasteiger partial charge in [-0.05, 0) is 30.4 Å². The Bertz CT molecular complexity index is 1770. The van der Waals surface area contributed by atoms with Gasteiger partial charge in [-0.15, -0.1) is 0 Å². The van der Waals surface area contributed by atoms with Crippen LogP contribution in [0.2, 0.25) is 0 Å². The molecule has 4 aromatic rings. The summed E-state index contributed by atoms with van der Waals surface area (Å²) in [6.07, 6.45) is 12.2. The van der Waals surface area contributed by atoms with Gasteiger partial charge in [0.1, 0.15) is 28.8 Å². The lowest BCUT2D eigenvalue weighted by molar-refractivity contribution is -0.149. The molecule has 12 nitrogen and oxygen atoms in total. The van der Waals surface area contributed by atoms with Crippen molar-refractivity contribution in [1.82, 2.24) is 34.3 Å². The van der Waals surface area contributed by atoms with Crippen molar-refractivity contribution < 1.29 is 14.3 Å². The van der Waals surface area contributed by atoms with Gasteiger partial charge in [-0.1, -0.05) is 20.8 Å². The SMILES string of the molecule is CC(C)(C)CC(=O)N1[C@@H]2COC[C@H]1CN(c1ccc(-c3nc(-c4cnn(C5CCC(=O)CC5)c4)cn4ncc(C#N)c34)cn1)C2. The highest BCUT2D eigenvalue weighted by Gasteiger charge is 2.42. The average molecular weight is 608 g/mol. The van der Waals surface area contributed by atoms with Gasteiger partial charge >= 0.3 is 0 Å². The molecule has 2 saturated heterocycles. The average Bonchev–Trinajstić information content (AvgIpc) is 3.67. The van der Waals surface area contributed by atoms with E-state index >= 15 is 0 Å². The molecule has 6 heterocycles. The summed E-state index contributed by atoms with van der Waals surface area (Å²) in [6, 6.07) is 6.35. The zero-order valence-electron chi connectivity index (χ0n) is 25.9. The number of nitrogens with zero attached hydrogens (tertiary/aromatic N) is 9. The zero-order valence-corrected chi connectivity index (χ0v) is 25.9. The molecule has 0 spiro atoms. The number of ether oxygens (including phenoxy) is 1. The van der Waals surface area contributed by atoms with Crippen LogP contribution >= 0.6 is 0 Å². The third kappa shape index (κ3) is 5.68. The summed E-state index contributed by atoms with van der Waals surface area (Å²) >= 11 is 0. The maximum Gasteiger partial charge on any atom is 0.223 e. The maximum absolute atomic E-state index is 13.2. The third-order valence-corrected chi connectivity index (χ3v) is 8.99. The smallest absolute Gasteiger partial charge is 0.223 e. The highest BCUT2D eigenvalue weighted by Crippen LogP contribution is 2.33. The molecular formula is C33H37N9O3. The number of carbonyl (C=O) groups is 2. The Hall–Kier alpha value is -4.63. The fourth-order valence-corrected chi connectivity index (χ4v) is 6.81. The number of carbonyl (C=O) groups excluding carboxylic acids is 2. The maximum atomic E-state index is 13.2. The van der Waals surface area contributed by atoms with Crippen LogP contribution in [0.25, 0.3) is 28.0 Å². The number of amides is 1. The quantitative estimate of drug-likeness (QED) is 0.329. The van der Waals surface area contributed by atoms with Gasteiger partial charge in [0.15, 0.2) is 0 Å². The number of piperazine rings is 1. The van der Waals surface area contributed by atoms with Crippen LogP contribution in [-0.4, -0.2) is 84.3 Å². The first-order valence-electron chi connectivity index (χ1n) is 15.6. The lowest BCUT2D eigenvalue weighted by Crippen LogP contribution is -2.66. The molecule has 0 radical (unpaired) electrons. The number of hydrogen-bond acceptors (Lipinski definition) is 9. The number of fused-ring (bicyclic) bond motifs is 3. The Morgan fingerprint density at radius 1 is 1.00 bits per heavy atom. The molecular weight excluding hydrogens is 570 g/mol. The van der Waals surface area contributed by atoms with Gasteiger partial charge in [0.05, 0.1) is 61.3 Å². The number of anilines is 1. The van der Waals surface area contributed by atoms with Gasteiger partial charge in [-0.3, -0.25) is 14.3 Å². The minimum atomic E-state index is -0.0735. The summed E-state index contributed by atoms with van der Waals surface area (Å²) in [5.41, 5.74) is 3.86. The summed E-state index contributed by atoms with van der Waals surface area (Å²) in [4.78, 5) is 39.1. The first kappa shape index (κ1) is 29.1. The predicted octanol–water partition coefficient (Wildman–Crippen LogP) is 4.06. The Kier molecular flexibility index (Phi) is 7.36. The second-order valence-corrected chi connectivity index (χ2v) is 13.6. The Labute approximate surface area is 261 Å². The molecule has 4 aromatic heterocycles. The number of Topliss-reactive ketones (excluding diaryl/α,β-unsaturated/α-hetero) is 1. The van der Waals surface area contributed by atoms with Crippen LogP contribution in [0.5, 0.6) is 0 Å². The molecule has 3 fully saturated rings. The number of hydrogen-bond donors (Lipinski definition) is 0. The van der Waals surface area contributed by atoms with E-state index in [1.807, 2.05) is 34.1 Å². The lowest BCUT2D eigenvalue weighted by atomic mass is 9.90. The Morgan fingerprint density at radius 3 is 2.42 bits per heavy atom. The number of morpholine rings is 1. The summed E-state index contributed by atoms with van der Waals surface area (Å²) in [7, 11) is 0. The zero-order chi connectivity index (χ0) is 31.3. The third-order valence-electron chi connectivity index (χ3n) is 8.99. The highest BCUT2D eigenvalue weighted by molar-refractivity contribution is 5.83. The highest BCUT2D eigenvalue weighted by atomic mass is 16.5. The van der Waals surface area contributed by atoms with Crippen molar-refractivity contribution in [2.45, 2.75) is 71.0 Å². The van der Waals surface area contributed by atoms with E-state index in [0.717, 1.165) is 29.8 Å². The van der Waals surface area contributed by atoms with Crippen molar-refractivity contribution in [2.24, 2.45) is 5.41 Å². The second-order valence-electron chi connectivity index (χ2n) is 13.6. The number of aromatic nitrogens is 6. The van der Waals surface area contributed by atoms with Crippen molar-refractivity contribution in [3.8, 4) is 28.6 Å². The molecule has 0 aromatic carbocycles. The van der Waals surface area contributed by atoms with E-state index < -0.39 is 0 Å². The molecule has 0 unspecified atom stereocenters. The van der Waals surface area contributed by atoms with Gasteiger partial charge in [0.2, 0.25) is 5.91 Å². The first-order valence-corrected chi connectivity index (χ1v) is 15.6. The molecule has 1 amide bonds. The predicted molar refractivity (Wildman–Crippen MR) is 166 cm³/mol. The molecule has 2 aliphatic heterocycles. The van der Waals surface area contributed by atoms with Crippen molar-refractivity contribution in [1.29, 1.82) is 5.26 Å². The summed E-state index contributed by atoms with van der Waals surface area (Å²) in [5, 5.41) is 18.9. The van der Waals surface area contributed by atoms with E-state index in [0.29, 0.717) is 73.8 Å². The fourth-order valence-electron chi connectivity index (χ4n) is 6.81. The van der Waals surface area contributed by atoms with Gasteiger partial charge in [-0.2, -0.15) is 15.5 Å². The van der Waals surface area contributed by atoms with Crippen LogP contribution in [0.3, 0.4) is 0 Å². The molecule has 232 valence electrons. The van der Waals surface area contributed by atoms with Crippen LogP contribution in [0.1, 0.15) is 64.5 Å². The number of rotatable bonds is 5. The van der Waals surface area contributed by atoms with Crippen LogP contribution in [0.15, 0.2) is 43.1 Å². The molecule has 45 heavy (non-hydrogen) atoms. The van der Waals surface area contributed by atoms with Gasteiger partial charge < -0.3 is 14.5 Å². The molecule has 1 aliphatic carbocycles. The van der Waals surface area contributed by atoms with Crippen LogP contribution in [0, 0.1) is 16.7 Å². The minimum Gasteiger partial charge on any atom is -0.377 e. The first-order chi connectivity index (χ1) is 21.7. The second kappa shape index (κ2) is 11.4. The molecule has 3 aliphatic rings. The summed E-state index contributed by atoms with van der Waals surface area (Å²) in [6.45, 7) is 8.61. The molecule has 12 heteroatoms. The topological polar surface area (TPSA) is 135 Å². The monoisotopic (exact) mass is 607 g/mol. The van der Waals surface area contributed by atoms with E-state index in [-0.39, 0.29) is 29.4 Å². The van der Waals surface area contributed by atoms with Crippen molar-refractivity contribution in [3.63, 3.8) is 0 Å². The largest absolute Gasteiger partial charge is 0.377 e. The molecule has 0 N–H and O–H groups in total. The van der Waals surface area contributed by atoms with Crippen LogP contribution in [-0.2, 0) is 14.3 Å². The molecule has 1 saturated carbocycles. The summed E-state index contributed by atoms with van der Waals surface area (Å²) < 4.78 is 9.47. The van der Waals surface area contributed by atoms with Crippen molar-refractivity contribution in [3.05, 3.63) is 48.7 Å². The molecule has 2 atom stereocenters. The van der Waals surface area contributed by atoms with Crippen LogP contribution < -0.4 is 4.90 Å². The molecule has 7 rings (SSSR count). The Morgan fingerprint density at radius 2 is 1.76 bits per heavy atom. The lowest BCUT2D eigenvalue weighted by Gasteiger charge is -2.50.